The molecule has 648 valence electrons. The van der Waals surface area contributed by atoms with Crippen LogP contribution in [0, 0.1) is 0 Å². The second kappa shape index (κ2) is 27.7. The third-order valence-electron chi connectivity index (χ3n) is 32.0. The number of rotatable bonds is 0. The Morgan fingerprint density at radius 2 is 0.443 bits per heavy atom. The fraction of sp³-hybridized carbons (Fsp3) is 0.0645. The number of nitrogens with zero attached hydrogens (tertiary/aromatic N) is 16. The molecular weight excluding hydrogens is 1710 g/mol. The van der Waals surface area contributed by atoms with Crippen molar-refractivity contribution in [2.75, 3.05) is 0 Å². The summed E-state index contributed by atoms with van der Waals surface area (Å²) >= 11 is 0. The molecule has 0 N–H and O–H groups in total. The number of aromatic nitrogens is 16. The van der Waals surface area contributed by atoms with E-state index in [9.17, 15) is 0 Å². The summed E-state index contributed by atoms with van der Waals surface area (Å²) < 4.78 is 8.76. The molecule has 0 bridgehead atoms. The molecule has 16 nitrogen and oxygen atoms in total. The van der Waals surface area contributed by atoms with Crippen LogP contribution in [-0.2, 0) is 51.4 Å². The monoisotopic (exact) mass is 1780 g/mol. The first-order valence-electron chi connectivity index (χ1n) is 48.2. The zero-order chi connectivity index (χ0) is 90.7. The van der Waals surface area contributed by atoms with Crippen molar-refractivity contribution in [2.45, 2.75) is 51.4 Å². The predicted octanol–water partition coefficient (Wildman–Crippen LogP) is 26.9. The van der Waals surface area contributed by atoms with Gasteiger partial charge in [-0.25, -0.2) is 39.9 Å². The van der Waals surface area contributed by atoms with Crippen LogP contribution >= 0.6 is 0 Å². The molecule has 0 radical (unpaired) electrons. The molecule has 0 saturated heterocycles. The van der Waals surface area contributed by atoms with Crippen LogP contribution in [0.5, 0.6) is 0 Å². The first kappa shape index (κ1) is 75.1. The fourth-order valence-electron chi connectivity index (χ4n) is 26.3. The van der Waals surface area contributed by atoms with Gasteiger partial charge in [0.2, 0.25) is 0 Å². The number of imidazole rings is 4. The first-order valence-corrected chi connectivity index (χ1v) is 48.2. The predicted molar refractivity (Wildman–Crippen MR) is 559 cm³/mol. The largest absolute Gasteiger partial charge is 0.276 e. The Morgan fingerprint density at radius 3 is 0.907 bits per heavy atom. The highest BCUT2D eigenvalue weighted by atomic mass is 15.1. The maximum atomic E-state index is 5.02. The van der Waals surface area contributed by atoms with Crippen LogP contribution in [0.4, 0.5) is 0 Å². The number of hydrogen-bond acceptors (Lipinski definition) is 12. The van der Waals surface area contributed by atoms with E-state index in [1.807, 2.05) is 123 Å². The second-order valence-electron chi connectivity index (χ2n) is 38.7. The van der Waals surface area contributed by atoms with E-state index in [2.05, 4.69) is 256 Å². The standard InChI is InChI=1S/4C31H18N4/c1-2-5-19-17(4-1)14-24-20(19)8-7-18-15-25-21(28(18)24)9-10-23-29(25)22-6-3-12-33-30(22)35-27-11-13-32-16-26(27)34-31(23)35;1-2-5-19-17(4-1)14-18-7-8-20-21-9-10-23-29(25(21)15-24(20)28(18)19)22-6-3-12-33-30(22)35-27-11-13-32-16-26(27)34-31(23)35;1-2-5-18-17(4-1)14-24-19(18)7-8-20-21-9-10-23-29(26(21)15-25(20)24)22-6-3-12-33-30(22)35-28-11-13-32-16-27(28)34-31(23)35;1-2-5-20-17(4-1)12-18-13-25-19(14-24(18)20)15-26-21(25)7-8-23-29(26)22-6-3-10-33-30(22)35-28-9-11-32-16-27(28)34-31(23)35/h3*1-13,16H,14-15H2;1-11,13-14,16H,12,15H2. The van der Waals surface area contributed by atoms with E-state index in [0.717, 1.165) is 141 Å². The van der Waals surface area contributed by atoms with Gasteiger partial charge in [0.1, 0.15) is 67.2 Å². The zero-order valence-corrected chi connectivity index (χ0v) is 75.1. The third-order valence-corrected chi connectivity index (χ3v) is 32.0. The highest BCUT2D eigenvalue weighted by molar-refractivity contribution is 6.22. The molecule has 0 saturated carbocycles. The molecule has 28 aromatic rings. The second-order valence-corrected chi connectivity index (χ2v) is 38.7. The van der Waals surface area contributed by atoms with Gasteiger partial charge in [0.05, 0.1) is 46.9 Å². The Morgan fingerprint density at radius 1 is 0.171 bits per heavy atom. The first-order chi connectivity index (χ1) is 69.4. The lowest BCUT2D eigenvalue weighted by atomic mass is 9.93. The van der Waals surface area contributed by atoms with Gasteiger partial charge in [0, 0.05) is 114 Å². The van der Waals surface area contributed by atoms with Crippen molar-refractivity contribution in [1.82, 2.24) is 77.4 Å². The van der Waals surface area contributed by atoms with Gasteiger partial charge >= 0.3 is 0 Å². The minimum absolute atomic E-state index is 0.894. The Hall–Kier alpha value is -18.3. The normalized spacial score (nSPS) is 13.5. The number of hydrogen-bond donors (Lipinski definition) is 0. The Bertz CT molecular complexity index is 10600. The summed E-state index contributed by atoms with van der Waals surface area (Å²) in [4.78, 5) is 56.6. The molecule has 0 aliphatic heterocycles. The Balaban J connectivity index is 0.0000000829. The molecule has 0 amide bonds. The van der Waals surface area contributed by atoms with Crippen LogP contribution in [0.1, 0.15) is 89.0 Å². The lowest BCUT2D eigenvalue weighted by Crippen LogP contribution is -1.96. The summed E-state index contributed by atoms with van der Waals surface area (Å²) in [6.45, 7) is 0. The van der Waals surface area contributed by atoms with Crippen molar-refractivity contribution in [3.05, 3.63) is 430 Å². The van der Waals surface area contributed by atoms with E-state index >= 15 is 0 Å². The Labute approximate surface area is 796 Å². The number of pyridine rings is 12. The van der Waals surface area contributed by atoms with Crippen molar-refractivity contribution in [3.63, 3.8) is 0 Å². The molecule has 16 heteroatoms. The lowest BCUT2D eigenvalue weighted by molar-refractivity contribution is 1.17. The zero-order valence-electron chi connectivity index (χ0n) is 75.1. The van der Waals surface area contributed by atoms with Crippen molar-refractivity contribution >= 4 is 154 Å². The van der Waals surface area contributed by atoms with E-state index in [-0.39, 0.29) is 0 Å². The molecule has 12 aromatic carbocycles. The lowest BCUT2D eigenvalue weighted by Gasteiger charge is -2.13. The minimum atomic E-state index is 0.894. The van der Waals surface area contributed by atoms with Gasteiger partial charge in [-0.05, 0) is 339 Å². The molecule has 16 heterocycles. The van der Waals surface area contributed by atoms with Crippen molar-refractivity contribution < 1.29 is 0 Å². The number of fused-ring (bicyclic) bond motifs is 63. The van der Waals surface area contributed by atoms with Crippen LogP contribution < -0.4 is 0 Å². The average molecular weight is 1790 g/mol. The summed E-state index contributed by atoms with van der Waals surface area (Å²) in [5.41, 5.74) is 60.4. The van der Waals surface area contributed by atoms with Gasteiger partial charge in [-0.15, -0.1) is 0 Å². The minimum Gasteiger partial charge on any atom is -0.276 e. The summed E-state index contributed by atoms with van der Waals surface area (Å²) in [5.74, 6) is 0. The van der Waals surface area contributed by atoms with Gasteiger partial charge in [0.15, 0.2) is 0 Å². The van der Waals surface area contributed by atoms with Crippen LogP contribution in [0.3, 0.4) is 0 Å². The Kier molecular flexibility index (Phi) is 14.9. The number of benzene rings is 12. The quantitative estimate of drug-likeness (QED) is 0.132. The molecule has 0 atom stereocenters. The molecule has 16 aromatic heterocycles. The van der Waals surface area contributed by atoms with E-state index in [1.165, 1.54) is 243 Å². The average Bonchev–Trinajstić information content (AvgIpc) is 1.55. The van der Waals surface area contributed by atoms with Gasteiger partial charge in [-0.3, -0.25) is 37.5 Å². The van der Waals surface area contributed by atoms with Gasteiger partial charge < -0.3 is 0 Å². The molecule has 0 unspecified atom stereocenters. The van der Waals surface area contributed by atoms with Crippen molar-refractivity contribution in [1.29, 1.82) is 0 Å². The summed E-state index contributed by atoms with van der Waals surface area (Å²) in [7, 11) is 0. The molecule has 0 fully saturated rings. The molecule has 0 spiro atoms. The van der Waals surface area contributed by atoms with Gasteiger partial charge in [-0.1, -0.05) is 158 Å². The molecule has 36 rings (SSSR count). The smallest absolute Gasteiger partial charge is 0.147 e. The van der Waals surface area contributed by atoms with Crippen LogP contribution in [-0.4, -0.2) is 77.4 Å². The van der Waals surface area contributed by atoms with Gasteiger partial charge in [0.25, 0.3) is 0 Å². The summed E-state index contributed by atoms with van der Waals surface area (Å²) in [6, 6.07) is 97.7. The fourth-order valence-corrected chi connectivity index (χ4v) is 26.3. The van der Waals surface area contributed by atoms with Crippen LogP contribution in [0.15, 0.2) is 341 Å². The molecular formula is C124H72N16. The molecule has 140 heavy (non-hydrogen) atoms. The topological polar surface area (TPSA) is 172 Å². The highest BCUT2D eigenvalue weighted by Crippen LogP contribution is 2.57. The third kappa shape index (κ3) is 10.1. The van der Waals surface area contributed by atoms with Gasteiger partial charge in [-0.2, -0.15) is 0 Å². The van der Waals surface area contributed by atoms with Crippen molar-refractivity contribution in [3.8, 4) is 89.0 Å². The SMILES string of the molecule is c1ccc2c(c1)Cc1c-2ccc2c1-c1ccc3c(c1C2)c1cccnc1n1c2ccncc2nc31.c1ccc2c(c1)Cc1c-2ccc2c1Cc1c-2ccc2c1c1cccnc1n1c3ccncc3nc21.c1ccc2c(c1)Cc1cc3c(cc1-2)Cc1c-3ccc2c1c1cccnc1n1c3ccncc3nc21.c1ccc2c(c1)Cc1ccc3c(c1-2)Cc1c-3ccc2c1c1cccnc1n1c3ccncc3nc21. The van der Waals surface area contributed by atoms with E-state index in [4.69, 9.17) is 39.9 Å². The van der Waals surface area contributed by atoms with Crippen LogP contribution in [0.2, 0.25) is 0 Å². The summed E-state index contributed by atoms with van der Waals surface area (Å²) in [6.07, 6.45) is 30.0. The maximum absolute atomic E-state index is 5.02. The maximum Gasteiger partial charge on any atom is 0.147 e. The van der Waals surface area contributed by atoms with E-state index < -0.39 is 0 Å². The highest BCUT2D eigenvalue weighted by Gasteiger charge is 2.37. The van der Waals surface area contributed by atoms with Crippen LogP contribution in [0.25, 0.3) is 243 Å². The molecule has 8 aliphatic carbocycles. The summed E-state index contributed by atoms with van der Waals surface area (Å²) in [5, 5.41) is 14.5. The van der Waals surface area contributed by atoms with E-state index in [0.29, 0.717) is 0 Å². The van der Waals surface area contributed by atoms with E-state index in [1.54, 1.807) is 0 Å². The molecule has 8 aliphatic rings. The van der Waals surface area contributed by atoms with Crippen molar-refractivity contribution in [2.24, 2.45) is 0 Å².